The number of likely N-dealkylation sites (N-methyl/N-ethyl adjacent to an activating group) is 1. The molecule has 1 aliphatic heterocycles. The van der Waals surface area contributed by atoms with Gasteiger partial charge < -0.3 is 9.22 Å². The van der Waals surface area contributed by atoms with Crippen LogP contribution in [0.3, 0.4) is 0 Å². The van der Waals surface area contributed by atoms with Gasteiger partial charge in [-0.3, -0.25) is 4.79 Å². The van der Waals surface area contributed by atoms with Crippen molar-refractivity contribution in [3.05, 3.63) is 35.9 Å². The van der Waals surface area contributed by atoms with Crippen LogP contribution in [0.25, 0.3) is 0 Å². The maximum atomic E-state index is 12.9. The Morgan fingerprint density at radius 1 is 1.14 bits per heavy atom. The normalized spacial score (nSPS) is 26.0. The lowest BCUT2D eigenvalue weighted by molar-refractivity contribution is -0.879. The first-order valence-electron chi connectivity index (χ1n) is 8.63. The van der Waals surface area contributed by atoms with Gasteiger partial charge in [0.05, 0.1) is 26.6 Å². The zero-order valence-electron chi connectivity index (χ0n) is 13.8. The molecule has 1 aliphatic carbocycles. The van der Waals surface area contributed by atoms with Crippen LogP contribution in [-0.4, -0.2) is 43.7 Å². The number of quaternary nitrogens is 1. The number of esters is 1. The highest BCUT2D eigenvalue weighted by molar-refractivity contribution is 5.78. The molecule has 0 spiro atoms. The Labute approximate surface area is 133 Å². The molecule has 1 saturated heterocycles. The molecular formula is C19H28NO2+. The van der Waals surface area contributed by atoms with Gasteiger partial charge in [-0.1, -0.05) is 43.2 Å². The van der Waals surface area contributed by atoms with E-state index in [9.17, 15) is 4.79 Å². The van der Waals surface area contributed by atoms with Crippen molar-refractivity contribution in [1.82, 2.24) is 0 Å². The first kappa shape index (κ1) is 15.5. The molecular weight excluding hydrogens is 274 g/mol. The number of rotatable bonds is 4. The lowest BCUT2D eigenvalue weighted by Crippen LogP contribution is -2.38. The van der Waals surface area contributed by atoms with Gasteiger partial charge in [0.2, 0.25) is 0 Å². The van der Waals surface area contributed by atoms with Crippen molar-refractivity contribution >= 4 is 5.97 Å². The topological polar surface area (TPSA) is 26.3 Å². The van der Waals surface area contributed by atoms with Gasteiger partial charge in [0.1, 0.15) is 6.54 Å². The van der Waals surface area contributed by atoms with Crippen LogP contribution >= 0.6 is 0 Å². The van der Waals surface area contributed by atoms with Gasteiger partial charge in [-0.2, -0.15) is 0 Å². The van der Waals surface area contributed by atoms with Crippen LogP contribution in [-0.2, 0) is 9.53 Å². The molecule has 0 radical (unpaired) electrons. The summed E-state index contributed by atoms with van der Waals surface area (Å²) in [7, 11) is 4.42. The molecule has 1 aromatic rings. The second kappa shape index (κ2) is 6.41. The van der Waals surface area contributed by atoms with E-state index < -0.39 is 0 Å². The third-order valence-corrected chi connectivity index (χ3v) is 5.32. The van der Waals surface area contributed by atoms with E-state index in [1.54, 1.807) is 0 Å². The maximum Gasteiger partial charge on any atom is 0.314 e. The van der Waals surface area contributed by atoms with Crippen molar-refractivity contribution < 1.29 is 14.0 Å². The Balaban J connectivity index is 1.73. The lowest BCUT2D eigenvalue weighted by Gasteiger charge is -2.25. The number of benzene rings is 1. The van der Waals surface area contributed by atoms with Crippen LogP contribution in [0, 0.1) is 5.92 Å². The SMILES string of the molecule is C[N+]1(C)CCC(OC(=O)C(c2ccccc2)C2CCCC2)C1. The molecule has 1 saturated carbocycles. The highest BCUT2D eigenvalue weighted by atomic mass is 16.5. The number of carbonyl (C=O) groups excluding carboxylic acids is 1. The first-order chi connectivity index (χ1) is 10.6. The summed E-state index contributed by atoms with van der Waals surface area (Å²) in [6.45, 7) is 2.04. The van der Waals surface area contributed by atoms with Crippen LogP contribution in [0.5, 0.6) is 0 Å². The number of hydrogen-bond acceptors (Lipinski definition) is 2. The molecule has 2 atom stereocenters. The lowest BCUT2D eigenvalue weighted by atomic mass is 9.85. The molecule has 2 fully saturated rings. The molecule has 22 heavy (non-hydrogen) atoms. The van der Waals surface area contributed by atoms with E-state index in [1.807, 2.05) is 18.2 Å². The van der Waals surface area contributed by atoms with E-state index in [0.29, 0.717) is 5.92 Å². The average molecular weight is 302 g/mol. The van der Waals surface area contributed by atoms with Gasteiger partial charge in [0.25, 0.3) is 0 Å². The monoisotopic (exact) mass is 302 g/mol. The number of likely N-dealkylation sites (tertiary alicyclic amines) is 1. The summed E-state index contributed by atoms with van der Waals surface area (Å²) in [5, 5.41) is 0. The van der Waals surface area contributed by atoms with E-state index in [0.717, 1.165) is 42.4 Å². The number of ether oxygens (including phenoxy) is 1. The van der Waals surface area contributed by atoms with Crippen LogP contribution in [0.15, 0.2) is 30.3 Å². The summed E-state index contributed by atoms with van der Waals surface area (Å²) in [4.78, 5) is 12.9. The summed E-state index contributed by atoms with van der Waals surface area (Å²) in [5.41, 5.74) is 1.13. The van der Waals surface area contributed by atoms with Gasteiger partial charge in [-0.05, 0) is 24.3 Å². The Morgan fingerprint density at radius 3 is 2.41 bits per heavy atom. The predicted molar refractivity (Wildman–Crippen MR) is 87.5 cm³/mol. The summed E-state index contributed by atoms with van der Waals surface area (Å²) in [6.07, 6.45) is 5.88. The fourth-order valence-corrected chi connectivity index (χ4v) is 4.11. The molecule has 1 aromatic carbocycles. The van der Waals surface area contributed by atoms with E-state index in [4.69, 9.17) is 4.74 Å². The van der Waals surface area contributed by atoms with Crippen molar-refractivity contribution in [2.24, 2.45) is 5.92 Å². The van der Waals surface area contributed by atoms with E-state index in [1.165, 1.54) is 12.8 Å². The minimum absolute atomic E-state index is 0.00463. The van der Waals surface area contributed by atoms with Gasteiger partial charge in [-0.15, -0.1) is 0 Å². The zero-order valence-corrected chi connectivity index (χ0v) is 13.8. The predicted octanol–water partition coefficient (Wildman–Crippen LogP) is 3.35. The minimum atomic E-state index is -0.0695. The Morgan fingerprint density at radius 2 is 1.82 bits per heavy atom. The van der Waals surface area contributed by atoms with Gasteiger partial charge in [0, 0.05) is 6.42 Å². The molecule has 3 heteroatoms. The Hall–Kier alpha value is -1.35. The second-order valence-electron chi connectivity index (χ2n) is 7.62. The van der Waals surface area contributed by atoms with E-state index in [-0.39, 0.29) is 18.0 Å². The van der Waals surface area contributed by atoms with Gasteiger partial charge >= 0.3 is 5.97 Å². The zero-order chi connectivity index (χ0) is 15.6. The molecule has 0 N–H and O–H groups in total. The van der Waals surface area contributed by atoms with Gasteiger partial charge in [-0.25, -0.2) is 0 Å². The highest BCUT2D eigenvalue weighted by Gasteiger charge is 2.38. The maximum absolute atomic E-state index is 12.9. The number of carbonyl (C=O) groups is 1. The smallest absolute Gasteiger partial charge is 0.314 e. The summed E-state index contributed by atoms with van der Waals surface area (Å²) < 4.78 is 6.88. The average Bonchev–Trinajstić information content (AvgIpc) is 3.10. The van der Waals surface area contributed by atoms with Crippen molar-refractivity contribution in [3.8, 4) is 0 Å². The number of nitrogens with zero attached hydrogens (tertiary/aromatic N) is 1. The van der Waals surface area contributed by atoms with Crippen LogP contribution in [0.2, 0.25) is 0 Å². The molecule has 0 bridgehead atoms. The fourth-order valence-electron chi connectivity index (χ4n) is 4.11. The number of hydrogen-bond donors (Lipinski definition) is 0. The summed E-state index contributed by atoms with van der Waals surface area (Å²) in [5.74, 6) is 0.392. The molecule has 1 heterocycles. The molecule has 3 nitrogen and oxygen atoms in total. The van der Waals surface area contributed by atoms with Crippen molar-refractivity contribution in [1.29, 1.82) is 0 Å². The summed E-state index contributed by atoms with van der Waals surface area (Å²) in [6, 6.07) is 10.2. The molecule has 3 rings (SSSR count). The second-order valence-corrected chi connectivity index (χ2v) is 7.62. The highest BCUT2D eigenvalue weighted by Crippen LogP contribution is 2.38. The molecule has 0 aromatic heterocycles. The quantitative estimate of drug-likeness (QED) is 0.630. The minimum Gasteiger partial charge on any atom is -0.456 e. The molecule has 2 unspecified atom stereocenters. The van der Waals surface area contributed by atoms with E-state index >= 15 is 0 Å². The van der Waals surface area contributed by atoms with Crippen molar-refractivity contribution in [2.75, 3.05) is 27.2 Å². The fraction of sp³-hybridized carbons (Fsp3) is 0.632. The van der Waals surface area contributed by atoms with Crippen molar-refractivity contribution in [3.63, 3.8) is 0 Å². The summed E-state index contributed by atoms with van der Waals surface area (Å²) >= 11 is 0. The van der Waals surface area contributed by atoms with Crippen LogP contribution < -0.4 is 0 Å². The Kier molecular flexibility index (Phi) is 4.53. The van der Waals surface area contributed by atoms with E-state index in [2.05, 4.69) is 26.2 Å². The third kappa shape index (κ3) is 3.52. The first-order valence-corrected chi connectivity index (χ1v) is 8.63. The van der Waals surface area contributed by atoms with Crippen LogP contribution in [0.1, 0.15) is 43.6 Å². The van der Waals surface area contributed by atoms with Gasteiger partial charge in [0.15, 0.2) is 6.10 Å². The molecule has 2 aliphatic rings. The molecule has 0 amide bonds. The molecule has 120 valence electrons. The van der Waals surface area contributed by atoms with Crippen molar-refractivity contribution in [2.45, 2.75) is 44.1 Å². The standard InChI is InChI=1S/C19H28NO2/c1-20(2)13-12-17(14-20)22-19(21)18(16-10-6-7-11-16)15-8-4-3-5-9-15/h3-5,8-9,16-18H,6-7,10-14H2,1-2H3/q+1. The largest absolute Gasteiger partial charge is 0.456 e. The Bertz CT molecular complexity index is 505. The third-order valence-electron chi connectivity index (χ3n) is 5.32. The van der Waals surface area contributed by atoms with Crippen LogP contribution in [0.4, 0.5) is 0 Å².